The number of nitrogens with zero attached hydrogens (tertiary/aromatic N) is 2. The Bertz CT molecular complexity index is 1460. The number of anilines is 1. The Morgan fingerprint density at radius 2 is 1.68 bits per heavy atom. The number of benzene rings is 2. The maximum absolute atomic E-state index is 13.8. The predicted molar refractivity (Wildman–Crippen MR) is 135 cm³/mol. The topological polar surface area (TPSA) is 90.3 Å². The fraction of sp³-hybridized carbons (Fsp3) is 0.357. The quantitative estimate of drug-likeness (QED) is 0.259. The summed E-state index contributed by atoms with van der Waals surface area (Å²) in [4.78, 5) is 37.0. The van der Waals surface area contributed by atoms with E-state index in [0.29, 0.717) is 16.3 Å². The minimum absolute atomic E-state index is 0.00920. The van der Waals surface area contributed by atoms with Gasteiger partial charge in [-0.05, 0) is 47.7 Å². The average Bonchev–Trinajstić information content (AvgIpc) is 3.74. The van der Waals surface area contributed by atoms with Crippen molar-refractivity contribution in [1.29, 1.82) is 0 Å². The highest BCUT2D eigenvalue weighted by Crippen LogP contribution is 2.38. The standard InChI is InChI=1S/C28H25F6N3O4/c1-16(27(29,30)31)24(25(39)35-21-4-2-3-18(13-21)15-41-26(40)20-9-10-20)19-7-5-17(6-8-19)14-37-23(38)12-11-22(36-37)28(32,33)34/h2-8,11-13,16,20,24H,9-10,14-15H2,1H3,(H,35,39). The molecular formula is C28H25F6N3O4. The van der Waals surface area contributed by atoms with Crippen LogP contribution in [0.1, 0.15) is 48.1 Å². The third kappa shape index (κ3) is 7.74. The molecule has 1 saturated carbocycles. The number of amides is 1. The molecule has 13 heteroatoms. The number of esters is 1. The van der Waals surface area contributed by atoms with Crippen molar-refractivity contribution >= 4 is 17.6 Å². The van der Waals surface area contributed by atoms with Crippen molar-refractivity contribution in [2.24, 2.45) is 11.8 Å². The van der Waals surface area contributed by atoms with Gasteiger partial charge in [0.15, 0.2) is 5.69 Å². The number of hydrogen-bond donors (Lipinski definition) is 1. The fourth-order valence-electron chi connectivity index (χ4n) is 4.12. The number of rotatable bonds is 9. The summed E-state index contributed by atoms with van der Waals surface area (Å²) >= 11 is 0. The van der Waals surface area contributed by atoms with E-state index in [-0.39, 0.29) is 41.9 Å². The summed E-state index contributed by atoms with van der Waals surface area (Å²) in [6.07, 6.45) is -7.95. The monoisotopic (exact) mass is 581 g/mol. The number of aromatic nitrogens is 2. The van der Waals surface area contributed by atoms with Gasteiger partial charge < -0.3 is 10.1 Å². The Hall–Kier alpha value is -4.16. The molecule has 0 aliphatic heterocycles. The zero-order valence-electron chi connectivity index (χ0n) is 21.6. The third-order valence-electron chi connectivity index (χ3n) is 6.61. The summed E-state index contributed by atoms with van der Waals surface area (Å²) in [5.41, 5.74) is -1.02. The molecule has 2 aromatic carbocycles. The van der Waals surface area contributed by atoms with Gasteiger partial charge in [0.1, 0.15) is 6.61 Å². The molecule has 0 spiro atoms. The lowest BCUT2D eigenvalue weighted by molar-refractivity contribution is -0.178. The van der Waals surface area contributed by atoms with Crippen LogP contribution < -0.4 is 10.9 Å². The molecule has 1 fully saturated rings. The van der Waals surface area contributed by atoms with Crippen LogP contribution in [0.2, 0.25) is 0 Å². The molecule has 1 aromatic heterocycles. The predicted octanol–water partition coefficient (Wildman–Crippen LogP) is 5.68. The van der Waals surface area contributed by atoms with Crippen LogP contribution in [0.3, 0.4) is 0 Å². The normalized spacial score (nSPS) is 15.2. The zero-order valence-corrected chi connectivity index (χ0v) is 21.6. The average molecular weight is 582 g/mol. The molecular weight excluding hydrogens is 556 g/mol. The molecule has 1 aliphatic rings. The molecule has 218 valence electrons. The SMILES string of the molecule is CC(C(C(=O)Nc1cccc(COC(=O)C2CC2)c1)c1ccc(Cn2nc(C(F)(F)F)ccc2=O)cc1)C(F)(F)F. The van der Waals surface area contributed by atoms with Crippen LogP contribution in [0.5, 0.6) is 0 Å². The Morgan fingerprint density at radius 3 is 2.29 bits per heavy atom. The van der Waals surface area contributed by atoms with Gasteiger partial charge in [0.2, 0.25) is 5.91 Å². The van der Waals surface area contributed by atoms with Gasteiger partial charge >= 0.3 is 18.3 Å². The van der Waals surface area contributed by atoms with Crippen molar-refractivity contribution in [3.63, 3.8) is 0 Å². The summed E-state index contributed by atoms with van der Waals surface area (Å²) in [5.74, 6) is -5.13. The first-order valence-electron chi connectivity index (χ1n) is 12.6. The molecule has 4 rings (SSSR count). The lowest BCUT2D eigenvalue weighted by Gasteiger charge is -2.26. The lowest BCUT2D eigenvalue weighted by atomic mass is 9.85. The molecule has 1 heterocycles. The smallest absolute Gasteiger partial charge is 0.435 e. The van der Waals surface area contributed by atoms with Crippen LogP contribution in [0, 0.1) is 11.8 Å². The first-order chi connectivity index (χ1) is 19.2. The van der Waals surface area contributed by atoms with E-state index in [1.807, 2.05) is 0 Å². The summed E-state index contributed by atoms with van der Waals surface area (Å²) < 4.78 is 86.1. The van der Waals surface area contributed by atoms with Crippen molar-refractivity contribution in [2.75, 3.05) is 5.32 Å². The second kappa shape index (κ2) is 11.8. The van der Waals surface area contributed by atoms with Crippen LogP contribution in [0.15, 0.2) is 65.5 Å². The molecule has 0 bridgehead atoms. The van der Waals surface area contributed by atoms with Crippen molar-refractivity contribution < 1.29 is 40.7 Å². The zero-order chi connectivity index (χ0) is 29.9. The number of carbonyl (C=O) groups excluding carboxylic acids is 2. The van der Waals surface area contributed by atoms with Crippen molar-refractivity contribution in [2.45, 2.75) is 51.2 Å². The van der Waals surface area contributed by atoms with Crippen molar-refractivity contribution in [1.82, 2.24) is 9.78 Å². The van der Waals surface area contributed by atoms with Gasteiger partial charge in [0.25, 0.3) is 5.56 Å². The summed E-state index contributed by atoms with van der Waals surface area (Å²) in [5, 5.41) is 5.81. The maximum atomic E-state index is 13.8. The first kappa shape index (κ1) is 29.8. The van der Waals surface area contributed by atoms with Crippen LogP contribution in [0.4, 0.5) is 32.0 Å². The number of nitrogens with one attached hydrogen (secondary N) is 1. The number of ether oxygens (including phenoxy) is 1. The Balaban J connectivity index is 1.52. The van der Waals surface area contributed by atoms with Crippen molar-refractivity contribution in [3.05, 3.63) is 93.4 Å². The van der Waals surface area contributed by atoms with E-state index >= 15 is 0 Å². The fourth-order valence-corrected chi connectivity index (χ4v) is 4.12. The minimum Gasteiger partial charge on any atom is -0.461 e. The lowest BCUT2D eigenvalue weighted by Crippen LogP contribution is -2.34. The molecule has 3 aromatic rings. The number of halogens is 6. The Kier molecular flexibility index (Phi) is 8.55. The van der Waals surface area contributed by atoms with E-state index in [0.717, 1.165) is 25.8 Å². The van der Waals surface area contributed by atoms with Gasteiger partial charge in [-0.3, -0.25) is 14.4 Å². The molecule has 2 atom stereocenters. The first-order valence-corrected chi connectivity index (χ1v) is 12.6. The van der Waals surface area contributed by atoms with Gasteiger partial charge in [-0.2, -0.15) is 31.4 Å². The van der Waals surface area contributed by atoms with E-state index in [1.165, 1.54) is 36.4 Å². The van der Waals surface area contributed by atoms with E-state index in [1.54, 1.807) is 12.1 Å². The second-order valence-electron chi connectivity index (χ2n) is 9.83. The minimum atomic E-state index is -4.77. The van der Waals surface area contributed by atoms with Crippen LogP contribution in [-0.4, -0.2) is 27.8 Å². The molecule has 0 radical (unpaired) electrons. The van der Waals surface area contributed by atoms with Crippen molar-refractivity contribution in [3.8, 4) is 0 Å². The van der Waals surface area contributed by atoms with Gasteiger partial charge in [-0.25, -0.2) is 4.68 Å². The highest BCUT2D eigenvalue weighted by molar-refractivity contribution is 5.96. The Morgan fingerprint density at radius 1 is 1.00 bits per heavy atom. The highest BCUT2D eigenvalue weighted by Gasteiger charge is 2.45. The summed E-state index contributed by atoms with van der Waals surface area (Å²) in [6.45, 7) is 0.456. The van der Waals surface area contributed by atoms with Gasteiger partial charge in [-0.15, -0.1) is 0 Å². The molecule has 1 N–H and O–H groups in total. The summed E-state index contributed by atoms with van der Waals surface area (Å²) in [6, 6.07) is 12.6. The largest absolute Gasteiger partial charge is 0.461 e. The van der Waals surface area contributed by atoms with E-state index < -0.39 is 41.3 Å². The van der Waals surface area contributed by atoms with E-state index in [9.17, 15) is 40.7 Å². The van der Waals surface area contributed by atoms with Crippen LogP contribution in [0.25, 0.3) is 0 Å². The molecule has 41 heavy (non-hydrogen) atoms. The van der Waals surface area contributed by atoms with Crippen LogP contribution >= 0.6 is 0 Å². The van der Waals surface area contributed by atoms with Gasteiger partial charge in [0.05, 0.1) is 24.3 Å². The molecule has 1 amide bonds. The van der Waals surface area contributed by atoms with Crippen LogP contribution in [-0.2, 0) is 33.7 Å². The number of carbonyl (C=O) groups is 2. The molecule has 7 nitrogen and oxygen atoms in total. The molecule has 2 unspecified atom stereocenters. The number of hydrogen-bond acceptors (Lipinski definition) is 5. The second-order valence-corrected chi connectivity index (χ2v) is 9.83. The maximum Gasteiger partial charge on any atom is 0.435 e. The van der Waals surface area contributed by atoms with E-state index in [2.05, 4.69) is 10.4 Å². The molecule has 0 saturated heterocycles. The molecule has 1 aliphatic carbocycles. The third-order valence-corrected chi connectivity index (χ3v) is 6.61. The highest BCUT2D eigenvalue weighted by atomic mass is 19.4. The van der Waals surface area contributed by atoms with Gasteiger partial charge in [0, 0.05) is 11.8 Å². The summed E-state index contributed by atoms with van der Waals surface area (Å²) in [7, 11) is 0. The Labute approximate surface area is 230 Å². The van der Waals surface area contributed by atoms with Gasteiger partial charge in [-0.1, -0.05) is 43.3 Å². The number of alkyl halides is 6. The van der Waals surface area contributed by atoms with E-state index in [4.69, 9.17) is 4.74 Å².